The molecule has 8 heteroatoms. The third-order valence-electron chi connectivity index (χ3n) is 2.66. The minimum absolute atomic E-state index is 0.0218. The molecule has 2 rings (SSSR count). The van der Waals surface area contributed by atoms with E-state index >= 15 is 0 Å². The van der Waals surface area contributed by atoms with Gasteiger partial charge < -0.3 is 4.42 Å². The minimum atomic E-state index is -0.602. The molecule has 0 fully saturated rings. The van der Waals surface area contributed by atoms with Gasteiger partial charge in [-0.05, 0) is 18.1 Å². The second-order valence-electron chi connectivity index (χ2n) is 4.03. The molecule has 0 aliphatic heterocycles. The summed E-state index contributed by atoms with van der Waals surface area (Å²) in [6, 6.07) is 8.94. The van der Waals surface area contributed by atoms with E-state index in [1.165, 1.54) is 24.3 Å². The highest BCUT2D eigenvalue weighted by molar-refractivity contribution is 9.09. The molecule has 0 aliphatic carbocycles. The van der Waals surface area contributed by atoms with E-state index < -0.39 is 9.85 Å². The number of furan rings is 1. The number of alkyl halides is 1. The van der Waals surface area contributed by atoms with Gasteiger partial charge in [-0.25, -0.2) is 0 Å². The summed E-state index contributed by atoms with van der Waals surface area (Å²) in [6.07, 6.45) is 0.503. The molecular weight excluding hydrogens is 332 g/mol. The normalized spacial score (nSPS) is 12.1. The van der Waals surface area contributed by atoms with Crippen molar-refractivity contribution < 1.29 is 14.3 Å². The van der Waals surface area contributed by atoms with Crippen LogP contribution in [0.15, 0.2) is 40.8 Å². The van der Waals surface area contributed by atoms with Gasteiger partial charge in [-0.15, -0.1) is 0 Å². The third kappa shape index (κ3) is 3.21. The van der Waals surface area contributed by atoms with Gasteiger partial charge >= 0.3 is 5.88 Å². The molecule has 0 aliphatic rings. The summed E-state index contributed by atoms with van der Waals surface area (Å²) in [5.74, 6) is 0.128. The smallest absolute Gasteiger partial charge is 0.405 e. The van der Waals surface area contributed by atoms with E-state index in [4.69, 9.17) is 4.42 Å². The highest BCUT2D eigenvalue weighted by atomic mass is 79.9. The van der Waals surface area contributed by atoms with Crippen LogP contribution in [0.5, 0.6) is 0 Å². The second kappa shape index (κ2) is 5.83. The lowest BCUT2D eigenvalue weighted by Crippen LogP contribution is -1.95. The summed E-state index contributed by atoms with van der Waals surface area (Å²) < 4.78 is 5.09. The maximum absolute atomic E-state index is 10.5. The molecule has 0 saturated carbocycles. The summed E-state index contributed by atoms with van der Waals surface area (Å²) in [5.41, 5.74) is 0.880. The van der Waals surface area contributed by atoms with E-state index in [0.717, 1.165) is 5.56 Å². The molecule has 104 valence electrons. The van der Waals surface area contributed by atoms with Crippen molar-refractivity contribution in [2.75, 3.05) is 0 Å². The molecule has 0 radical (unpaired) electrons. The van der Waals surface area contributed by atoms with Gasteiger partial charge in [0.15, 0.2) is 0 Å². The van der Waals surface area contributed by atoms with Gasteiger partial charge in [0.1, 0.15) is 10.7 Å². The molecule has 1 aromatic heterocycles. The Morgan fingerprint density at radius 2 is 1.70 bits per heavy atom. The zero-order valence-corrected chi connectivity index (χ0v) is 11.6. The third-order valence-corrected chi connectivity index (χ3v) is 3.44. The van der Waals surface area contributed by atoms with Crippen molar-refractivity contribution in [3.8, 4) is 0 Å². The van der Waals surface area contributed by atoms with Crippen molar-refractivity contribution >= 4 is 27.5 Å². The van der Waals surface area contributed by atoms with Crippen LogP contribution >= 0.6 is 15.9 Å². The van der Waals surface area contributed by atoms with Crippen molar-refractivity contribution in [3.63, 3.8) is 0 Å². The van der Waals surface area contributed by atoms with Crippen LogP contribution in [0.2, 0.25) is 0 Å². The van der Waals surface area contributed by atoms with Gasteiger partial charge in [-0.1, -0.05) is 28.1 Å². The first-order chi connectivity index (χ1) is 9.47. The molecule has 0 spiro atoms. The number of hydrogen-bond acceptors (Lipinski definition) is 5. The van der Waals surface area contributed by atoms with Gasteiger partial charge in [-0.3, -0.25) is 20.2 Å². The average Bonchev–Trinajstić information content (AvgIpc) is 2.89. The quantitative estimate of drug-likeness (QED) is 0.468. The molecule has 1 heterocycles. The van der Waals surface area contributed by atoms with Crippen LogP contribution in [0.3, 0.4) is 0 Å². The Balaban J connectivity index is 2.08. The number of hydrogen-bond donors (Lipinski definition) is 0. The monoisotopic (exact) mass is 340 g/mol. The summed E-state index contributed by atoms with van der Waals surface area (Å²) in [6.45, 7) is 0. The van der Waals surface area contributed by atoms with E-state index in [1.807, 2.05) is 0 Å². The molecule has 1 atom stereocenters. The molecule has 1 aromatic carbocycles. The van der Waals surface area contributed by atoms with Crippen LogP contribution in [-0.2, 0) is 6.42 Å². The largest absolute Gasteiger partial charge is 0.433 e. The van der Waals surface area contributed by atoms with E-state index in [1.54, 1.807) is 12.1 Å². The maximum atomic E-state index is 10.5. The second-order valence-corrected chi connectivity index (χ2v) is 5.13. The molecule has 2 aromatic rings. The number of non-ortho nitro benzene ring substituents is 1. The molecule has 20 heavy (non-hydrogen) atoms. The van der Waals surface area contributed by atoms with Gasteiger partial charge in [-0.2, -0.15) is 0 Å². The molecule has 0 N–H and O–H groups in total. The fourth-order valence-electron chi connectivity index (χ4n) is 1.67. The SMILES string of the molecule is O=[N+]([O-])c1ccc(CC(Br)c2ccc([N+](=O)[O-])o2)cc1. The first-order valence-electron chi connectivity index (χ1n) is 5.59. The number of nitro benzene ring substituents is 1. The topological polar surface area (TPSA) is 99.4 Å². The molecular formula is C12H9BrN2O5. The summed E-state index contributed by atoms with van der Waals surface area (Å²) in [5, 5.41) is 21.1. The number of nitro groups is 2. The minimum Gasteiger partial charge on any atom is -0.405 e. The van der Waals surface area contributed by atoms with E-state index in [9.17, 15) is 20.2 Å². The molecule has 0 bridgehead atoms. The van der Waals surface area contributed by atoms with Gasteiger partial charge in [0.2, 0.25) is 0 Å². The van der Waals surface area contributed by atoms with Crippen molar-refractivity contribution in [3.05, 3.63) is 68.0 Å². The van der Waals surface area contributed by atoms with Crippen LogP contribution in [-0.4, -0.2) is 9.85 Å². The van der Waals surface area contributed by atoms with Gasteiger partial charge in [0.05, 0.1) is 15.8 Å². The number of halogens is 1. The van der Waals surface area contributed by atoms with Crippen LogP contribution in [0.4, 0.5) is 11.6 Å². The fraction of sp³-hybridized carbons (Fsp3) is 0.167. The summed E-state index contributed by atoms with van der Waals surface area (Å²) in [7, 11) is 0. The van der Waals surface area contributed by atoms with Crippen molar-refractivity contribution in [1.82, 2.24) is 0 Å². The Kier molecular flexibility index (Phi) is 4.14. The summed E-state index contributed by atoms with van der Waals surface area (Å²) >= 11 is 3.38. The lowest BCUT2D eigenvalue weighted by Gasteiger charge is -2.06. The van der Waals surface area contributed by atoms with Gasteiger partial charge in [0.25, 0.3) is 5.69 Å². The Morgan fingerprint density at radius 1 is 1.05 bits per heavy atom. The first-order valence-corrected chi connectivity index (χ1v) is 6.50. The highest BCUT2D eigenvalue weighted by Gasteiger charge is 2.18. The van der Waals surface area contributed by atoms with Crippen LogP contribution < -0.4 is 0 Å². The standard InChI is InChI=1S/C12H9BrN2O5/c13-10(11-5-6-12(20-11)15(18)19)7-8-1-3-9(4-2-8)14(16)17/h1-6,10H,7H2. The van der Waals surface area contributed by atoms with Crippen molar-refractivity contribution in [2.45, 2.75) is 11.2 Å². The Labute approximate surface area is 121 Å². The lowest BCUT2D eigenvalue weighted by atomic mass is 10.1. The lowest BCUT2D eigenvalue weighted by molar-refractivity contribution is -0.402. The van der Waals surface area contributed by atoms with Gasteiger partial charge in [0, 0.05) is 12.1 Å². The molecule has 1 unspecified atom stereocenters. The number of benzene rings is 1. The van der Waals surface area contributed by atoms with Crippen LogP contribution in [0, 0.1) is 20.2 Å². The van der Waals surface area contributed by atoms with E-state index in [-0.39, 0.29) is 16.4 Å². The molecule has 0 amide bonds. The molecule has 0 saturated heterocycles. The Bertz CT molecular complexity index is 638. The number of rotatable bonds is 5. The van der Waals surface area contributed by atoms with Crippen molar-refractivity contribution in [1.29, 1.82) is 0 Å². The van der Waals surface area contributed by atoms with Crippen LogP contribution in [0.25, 0.3) is 0 Å². The highest BCUT2D eigenvalue weighted by Crippen LogP contribution is 2.31. The van der Waals surface area contributed by atoms with E-state index in [2.05, 4.69) is 15.9 Å². The first kappa shape index (κ1) is 14.2. The fourth-order valence-corrected chi connectivity index (χ4v) is 2.29. The zero-order chi connectivity index (χ0) is 14.7. The van der Waals surface area contributed by atoms with Crippen molar-refractivity contribution in [2.24, 2.45) is 0 Å². The molecule has 7 nitrogen and oxygen atoms in total. The average molecular weight is 341 g/mol. The summed E-state index contributed by atoms with van der Waals surface area (Å²) in [4.78, 5) is 19.8. The predicted molar refractivity (Wildman–Crippen MR) is 73.8 cm³/mol. The van der Waals surface area contributed by atoms with Crippen LogP contribution in [0.1, 0.15) is 16.2 Å². The number of nitrogens with zero attached hydrogens (tertiary/aromatic N) is 2. The maximum Gasteiger partial charge on any atom is 0.433 e. The Morgan fingerprint density at radius 3 is 2.20 bits per heavy atom. The van der Waals surface area contributed by atoms with E-state index in [0.29, 0.717) is 12.2 Å². The zero-order valence-electron chi connectivity index (χ0n) is 10.1. The Hall–Kier alpha value is -2.22. The predicted octanol–water partition coefficient (Wildman–Crippen LogP) is 3.77.